The van der Waals surface area contributed by atoms with Crippen molar-refractivity contribution in [1.29, 1.82) is 0 Å². The monoisotopic (exact) mass is 322 g/mol. The van der Waals surface area contributed by atoms with Gasteiger partial charge < -0.3 is 16.4 Å². The number of nitro benzene ring substituents is 1. The highest BCUT2D eigenvalue weighted by Crippen LogP contribution is 2.20. The molecule has 0 saturated heterocycles. The lowest BCUT2D eigenvalue weighted by Gasteiger charge is -2.15. The molecule has 2 amide bonds. The minimum atomic E-state index is -0.665. The molecule has 0 unspecified atom stereocenters. The molecule has 0 spiro atoms. The van der Waals surface area contributed by atoms with E-state index in [1.807, 2.05) is 13.8 Å². The van der Waals surface area contributed by atoms with Crippen molar-refractivity contribution in [3.8, 4) is 0 Å². The number of nitro groups is 1. The zero-order chi connectivity index (χ0) is 17.6. The average molecular weight is 322 g/mol. The third-order valence-electron chi connectivity index (χ3n) is 3.53. The number of amides is 2. The molecule has 1 rings (SSSR count). The van der Waals surface area contributed by atoms with E-state index in [9.17, 15) is 19.7 Å². The molecule has 1 atom stereocenters. The zero-order valence-corrected chi connectivity index (χ0v) is 13.5. The molecular weight excluding hydrogens is 300 g/mol. The fourth-order valence-electron chi connectivity index (χ4n) is 1.90. The van der Waals surface area contributed by atoms with Crippen LogP contribution in [0, 0.1) is 23.0 Å². The molecule has 0 aliphatic heterocycles. The molecule has 0 aromatic heterocycles. The number of carbonyl (C=O) groups excluding carboxylic acids is 2. The highest BCUT2D eigenvalue weighted by molar-refractivity contribution is 5.87. The number of nitrogens with zero attached hydrogens (tertiary/aromatic N) is 1. The molecule has 1 aromatic rings. The van der Waals surface area contributed by atoms with Crippen LogP contribution in [0.4, 0.5) is 5.69 Å². The van der Waals surface area contributed by atoms with E-state index in [0.29, 0.717) is 11.1 Å². The third kappa shape index (κ3) is 5.33. The van der Waals surface area contributed by atoms with Crippen molar-refractivity contribution in [3.63, 3.8) is 0 Å². The molecule has 0 heterocycles. The van der Waals surface area contributed by atoms with Gasteiger partial charge in [-0.1, -0.05) is 26.0 Å². The second kappa shape index (κ2) is 8.23. The summed E-state index contributed by atoms with van der Waals surface area (Å²) in [6, 6.07) is 4.02. The Balaban J connectivity index is 2.53. The van der Waals surface area contributed by atoms with Gasteiger partial charge in [0, 0.05) is 18.2 Å². The van der Waals surface area contributed by atoms with E-state index in [4.69, 9.17) is 5.73 Å². The van der Waals surface area contributed by atoms with Crippen molar-refractivity contribution in [2.45, 2.75) is 33.4 Å². The molecule has 0 bridgehead atoms. The molecule has 1 aromatic carbocycles. The van der Waals surface area contributed by atoms with E-state index >= 15 is 0 Å². The predicted molar refractivity (Wildman–Crippen MR) is 85.5 cm³/mol. The first-order valence-electron chi connectivity index (χ1n) is 7.27. The largest absolute Gasteiger partial charge is 0.350 e. The van der Waals surface area contributed by atoms with Gasteiger partial charge in [-0.05, 0) is 18.4 Å². The van der Waals surface area contributed by atoms with E-state index in [-0.39, 0.29) is 36.5 Å². The van der Waals surface area contributed by atoms with E-state index in [2.05, 4.69) is 10.6 Å². The Morgan fingerprint density at radius 3 is 2.52 bits per heavy atom. The number of rotatable bonds is 7. The van der Waals surface area contributed by atoms with Gasteiger partial charge in [0.1, 0.15) is 0 Å². The highest BCUT2D eigenvalue weighted by Gasteiger charge is 2.18. The Labute approximate surface area is 134 Å². The fourth-order valence-corrected chi connectivity index (χ4v) is 1.90. The van der Waals surface area contributed by atoms with Crippen LogP contribution in [0.3, 0.4) is 0 Å². The maximum atomic E-state index is 11.7. The first kappa shape index (κ1) is 18.6. The second-order valence-electron chi connectivity index (χ2n) is 5.58. The van der Waals surface area contributed by atoms with Gasteiger partial charge in [-0.15, -0.1) is 0 Å². The van der Waals surface area contributed by atoms with Crippen molar-refractivity contribution < 1.29 is 14.5 Å². The van der Waals surface area contributed by atoms with Crippen LogP contribution in [0.1, 0.15) is 25.0 Å². The first-order valence-corrected chi connectivity index (χ1v) is 7.27. The van der Waals surface area contributed by atoms with Crippen molar-refractivity contribution >= 4 is 17.5 Å². The predicted octanol–water partition coefficient (Wildman–Crippen LogP) is 0.619. The molecule has 8 heteroatoms. The molecular formula is C15H22N4O4. The molecule has 0 aliphatic rings. The summed E-state index contributed by atoms with van der Waals surface area (Å²) >= 11 is 0. The molecule has 0 saturated carbocycles. The topological polar surface area (TPSA) is 127 Å². The Kier molecular flexibility index (Phi) is 6.65. The Morgan fingerprint density at radius 2 is 1.96 bits per heavy atom. The molecule has 4 N–H and O–H groups in total. The van der Waals surface area contributed by atoms with Crippen LogP contribution >= 0.6 is 0 Å². The Hall–Kier alpha value is -2.48. The standard InChI is InChI=1S/C15H22N4O4/c1-9(2)14(16)15(21)18-8-13(20)17-7-11-5-4-6-12(10(11)3)19(22)23/h4-6,9,14H,7-8,16H2,1-3H3,(H,17,20)(H,18,21)/t14-/m0/s1. The number of hydrogen-bond acceptors (Lipinski definition) is 5. The maximum Gasteiger partial charge on any atom is 0.272 e. The second-order valence-corrected chi connectivity index (χ2v) is 5.58. The van der Waals surface area contributed by atoms with Gasteiger partial charge in [-0.25, -0.2) is 0 Å². The molecule has 23 heavy (non-hydrogen) atoms. The highest BCUT2D eigenvalue weighted by atomic mass is 16.6. The molecule has 8 nitrogen and oxygen atoms in total. The third-order valence-corrected chi connectivity index (χ3v) is 3.53. The number of nitrogens with one attached hydrogen (secondary N) is 2. The van der Waals surface area contributed by atoms with Gasteiger partial charge in [0.05, 0.1) is 17.5 Å². The lowest BCUT2D eigenvalue weighted by Crippen LogP contribution is -2.47. The van der Waals surface area contributed by atoms with Crippen LogP contribution in [0.2, 0.25) is 0 Å². The van der Waals surface area contributed by atoms with Crippen LogP contribution < -0.4 is 16.4 Å². The Morgan fingerprint density at radius 1 is 1.30 bits per heavy atom. The van der Waals surface area contributed by atoms with Crippen LogP contribution in [0.25, 0.3) is 0 Å². The smallest absolute Gasteiger partial charge is 0.272 e. The fraction of sp³-hybridized carbons (Fsp3) is 0.467. The first-order chi connectivity index (χ1) is 10.7. The summed E-state index contributed by atoms with van der Waals surface area (Å²) < 4.78 is 0. The Bertz CT molecular complexity index is 601. The van der Waals surface area contributed by atoms with Crippen molar-refractivity contribution in [3.05, 3.63) is 39.4 Å². The van der Waals surface area contributed by atoms with Gasteiger partial charge in [-0.2, -0.15) is 0 Å². The van der Waals surface area contributed by atoms with Gasteiger partial charge >= 0.3 is 0 Å². The maximum absolute atomic E-state index is 11.7. The normalized spacial score (nSPS) is 11.9. The zero-order valence-electron chi connectivity index (χ0n) is 13.5. The molecule has 126 valence electrons. The van der Waals surface area contributed by atoms with Gasteiger partial charge in [0.25, 0.3) is 5.69 Å². The quantitative estimate of drug-likeness (QED) is 0.501. The molecule has 0 radical (unpaired) electrons. The summed E-state index contributed by atoms with van der Waals surface area (Å²) in [5.74, 6) is -0.799. The summed E-state index contributed by atoms with van der Waals surface area (Å²) in [5.41, 5.74) is 6.83. The van der Waals surface area contributed by atoms with Crippen LogP contribution in [-0.4, -0.2) is 29.3 Å². The molecule has 0 fully saturated rings. The van der Waals surface area contributed by atoms with Crippen LogP contribution in [-0.2, 0) is 16.1 Å². The van der Waals surface area contributed by atoms with E-state index in [0.717, 1.165) is 0 Å². The lowest BCUT2D eigenvalue weighted by atomic mass is 10.1. The van der Waals surface area contributed by atoms with Gasteiger partial charge in [-0.3, -0.25) is 19.7 Å². The summed E-state index contributed by atoms with van der Waals surface area (Å²) in [6.45, 7) is 5.22. The summed E-state index contributed by atoms with van der Waals surface area (Å²) in [4.78, 5) is 33.8. The van der Waals surface area contributed by atoms with E-state index in [1.54, 1.807) is 19.1 Å². The van der Waals surface area contributed by atoms with Gasteiger partial charge in [0.2, 0.25) is 11.8 Å². The van der Waals surface area contributed by atoms with Crippen molar-refractivity contribution in [2.24, 2.45) is 11.7 Å². The number of nitrogens with two attached hydrogens (primary N) is 1. The number of carbonyl (C=O) groups is 2. The summed E-state index contributed by atoms with van der Waals surface area (Å²) in [5, 5.41) is 15.9. The number of benzene rings is 1. The SMILES string of the molecule is Cc1c(CNC(=O)CNC(=O)[C@@H](N)C(C)C)cccc1[N+](=O)[O-]. The summed E-state index contributed by atoms with van der Waals surface area (Å²) in [6.07, 6.45) is 0. The number of hydrogen-bond donors (Lipinski definition) is 3. The van der Waals surface area contributed by atoms with Gasteiger partial charge in [0.15, 0.2) is 0 Å². The van der Waals surface area contributed by atoms with Crippen molar-refractivity contribution in [1.82, 2.24) is 10.6 Å². The minimum absolute atomic E-state index is 0.00737. The van der Waals surface area contributed by atoms with E-state index in [1.165, 1.54) is 6.07 Å². The van der Waals surface area contributed by atoms with Crippen molar-refractivity contribution in [2.75, 3.05) is 6.54 Å². The van der Waals surface area contributed by atoms with E-state index < -0.39 is 11.0 Å². The van der Waals surface area contributed by atoms with Crippen LogP contribution in [0.15, 0.2) is 18.2 Å². The minimum Gasteiger partial charge on any atom is -0.350 e. The van der Waals surface area contributed by atoms with Crippen LogP contribution in [0.5, 0.6) is 0 Å². The lowest BCUT2D eigenvalue weighted by molar-refractivity contribution is -0.385. The molecule has 0 aliphatic carbocycles. The summed E-state index contributed by atoms with van der Waals surface area (Å²) in [7, 11) is 0. The average Bonchev–Trinajstić information content (AvgIpc) is 2.50.